The van der Waals surface area contributed by atoms with E-state index in [9.17, 15) is 0 Å². The monoisotopic (exact) mass is 320 g/mol. The minimum absolute atomic E-state index is 0.268. The van der Waals surface area contributed by atoms with Gasteiger partial charge in [0.2, 0.25) is 0 Å². The molecule has 0 N–H and O–H groups in total. The number of benzene rings is 2. The van der Waals surface area contributed by atoms with Gasteiger partial charge in [-0.05, 0) is 35.8 Å². The smallest absolute Gasteiger partial charge is 0.0175 e. The van der Waals surface area contributed by atoms with Crippen LogP contribution in [0.25, 0.3) is 0 Å². The van der Waals surface area contributed by atoms with E-state index in [2.05, 4.69) is 91.3 Å². The third kappa shape index (κ3) is 3.22. The summed E-state index contributed by atoms with van der Waals surface area (Å²) in [7, 11) is -0.325. The summed E-state index contributed by atoms with van der Waals surface area (Å²) in [6.45, 7) is 6.98. The molecule has 0 radical (unpaired) electrons. The fourth-order valence-corrected chi connectivity index (χ4v) is 5.12. The summed E-state index contributed by atoms with van der Waals surface area (Å²) in [6, 6.07) is 19.6. The molecule has 0 nitrogen and oxygen atoms in total. The van der Waals surface area contributed by atoms with Gasteiger partial charge in [0.1, 0.15) is 0 Å². The lowest BCUT2D eigenvalue weighted by molar-refractivity contribution is 0.793. The predicted molar refractivity (Wildman–Crippen MR) is 86.5 cm³/mol. The van der Waals surface area contributed by atoms with Crippen molar-refractivity contribution < 1.29 is 0 Å². The Balaban J connectivity index is 2.47. The molecule has 0 bridgehead atoms. The van der Waals surface area contributed by atoms with Crippen LogP contribution >= 0.6 is 23.9 Å². The quantitative estimate of drug-likeness (QED) is 0.705. The Kier molecular flexibility index (Phi) is 4.25. The van der Waals surface area contributed by atoms with E-state index >= 15 is 0 Å². The third-order valence-electron chi connectivity index (χ3n) is 2.77. The minimum Gasteiger partial charge on any atom is -0.0622 e. The lowest BCUT2D eigenvalue weighted by atomic mass is 10.3. The van der Waals surface area contributed by atoms with E-state index in [-0.39, 0.29) is 13.1 Å². The second-order valence-electron chi connectivity index (χ2n) is 5.32. The maximum Gasteiger partial charge on any atom is 0.0175 e. The summed E-state index contributed by atoms with van der Waals surface area (Å²) >= 11 is 3.51. The standard InChI is InChI=1S/C16H18BrP/c1-16(2,3)18(14-7-5-4-6-8-14)15-11-9-13(17)10-12-15/h4-12H,1-3H3. The molecule has 0 heterocycles. The topological polar surface area (TPSA) is 0 Å². The van der Waals surface area contributed by atoms with E-state index in [1.54, 1.807) is 0 Å². The number of rotatable bonds is 2. The molecule has 94 valence electrons. The second-order valence-corrected chi connectivity index (χ2v) is 9.28. The molecule has 2 aromatic carbocycles. The summed E-state index contributed by atoms with van der Waals surface area (Å²) in [6.07, 6.45) is 0. The number of halogens is 1. The molecule has 2 aromatic rings. The summed E-state index contributed by atoms with van der Waals surface area (Å²) in [5, 5.41) is 3.15. The molecule has 0 aromatic heterocycles. The van der Waals surface area contributed by atoms with Crippen LogP contribution in [0.4, 0.5) is 0 Å². The van der Waals surface area contributed by atoms with Gasteiger partial charge in [0, 0.05) is 4.47 Å². The number of hydrogen-bond acceptors (Lipinski definition) is 0. The van der Waals surface area contributed by atoms with E-state index < -0.39 is 0 Å². The maximum atomic E-state index is 3.51. The van der Waals surface area contributed by atoms with E-state index in [1.165, 1.54) is 10.6 Å². The van der Waals surface area contributed by atoms with Crippen LogP contribution in [-0.2, 0) is 0 Å². The zero-order valence-corrected chi connectivity index (χ0v) is 13.5. The first kappa shape index (κ1) is 13.8. The van der Waals surface area contributed by atoms with Crippen molar-refractivity contribution in [2.75, 3.05) is 0 Å². The van der Waals surface area contributed by atoms with Crippen molar-refractivity contribution in [3.05, 3.63) is 59.1 Å². The van der Waals surface area contributed by atoms with Gasteiger partial charge in [-0.15, -0.1) is 0 Å². The van der Waals surface area contributed by atoms with E-state index in [0.717, 1.165) is 4.47 Å². The average molecular weight is 321 g/mol. The van der Waals surface area contributed by atoms with E-state index in [4.69, 9.17) is 0 Å². The van der Waals surface area contributed by atoms with E-state index in [1.807, 2.05) is 0 Å². The molecule has 0 saturated heterocycles. The fourth-order valence-electron chi connectivity index (χ4n) is 2.09. The average Bonchev–Trinajstić information content (AvgIpc) is 2.32. The molecule has 1 unspecified atom stereocenters. The van der Waals surface area contributed by atoms with Gasteiger partial charge in [0.15, 0.2) is 0 Å². The van der Waals surface area contributed by atoms with Crippen LogP contribution in [0.3, 0.4) is 0 Å². The summed E-state index contributed by atoms with van der Waals surface area (Å²) in [5.74, 6) is 0. The van der Waals surface area contributed by atoms with Crippen molar-refractivity contribution in [1.82, 2.24) is 0 Å². The van der Waals surface area contributed by atoms with Gasteiger partial charge in [-0.25, -0.2) is 0 Å². The normalized spacial score (nSPS) is 13.3. The van der Waals surface area contributed by atoms with Crippen LogP contribution in [0.2, 0.25) is 0 Å². The van der Waals surface area contributed by atoms with Crippen molar-refractivity contribution in [2.24, 2.45) is 0 Å². The zero-order chi connectivity index (χ0) is 13.2. The first-order valence-corrected chi connectivity index (χ1v) is 8.23. The lowest BCUT2D eigenvalue weighted by Crippen LogP contribution is -2.26. The first-order chi connectivity index (χ1) is 8.48. The first-order valence-electron chi connectivity index (χ1n) is 6.09. The van der Waals surface area contributed by atoms with Crippen LogP contribution in [0.1, 0.15) is 20.8 Å². The predicted octanol–water partition coefficient (Wildman–Crippen LogP) is 4.68. The molecule has 2 rings (SSSR count). The van der Waals surface area contributed by atoms with Crippen molar-refractivity contribution in [1.29, 1.82) is 0 Å². The van der Waals surface area contributed by atoms with Crippen molar-refractivity contribution in [3.63, 3.8) is 0 Å². The molecule has 2 heteroatoms. The van der Waals surface area contributed by atoms with Gasteiger partial charge >= 0.3 is 0 Å². The number of hydrogen-bond donors (Lipinski definition) is 0. The molecule has 0 fully saturated rings. The van der Waals surface area contributed by atoms with E-state index in [0.29, 0.717) is 0 Å². The Hall–Kier alpha value is -0.650. The Morgan fingerprint density at radius 1 is 0.778 bits per heavy atom. The van der Waals surface area contributed by atoms with Gasteiger partial charge in [0.05, 0.1) is 0 Å². The van der Waals surface area contributed by atoms with Gasteiger partial charge in [-0.2, -0.15) is 0 Å². The van der Waals surface area contributed by atoms with Crippen molar-refractivity contribution in [3.8, 4) is 0 Å². The van der Waals surface area contributed by atoms with Crippen LogP contribution in [-0.4, -0.2) is 5.16 Å². The summed E-state index contributed by atoms with van der Waals surface area (Å²) in [5.41, 5.74) is 0. The Morgan fingerprint density at radius 2 is 1.28 bits per heavy atom. The fraction of sp³-hybridized carbons (Fsp3) is 0.250. The highest BCUT2D eigenvalue weighted by molar-refractivity contribution is 9.10. The molecule has 0 spiro atoms. The Morgan fingerprint density at radius 3 is 1.78 bits per heavy atom. The van der Waals surface area contributed by atoms with Gasteiger partial charge in [-0.1, -0.05) is 79.2 Å². The molecule has 0 aliphatic heterocycles. The van der Waals surface area contributed by atoms with Crippen LogP contribution in [0.15, 0.2) is 59.1 Å². The molecule has 1 atom stereocenters. The summed E-state index contributed by atoms with van der Waals surface area (Å²) in [4.78, 5) is 0. The van der Waals surface area contributed by atoms with Crippen molar-refractivity contribution in [2.45, 2.75) is 25.9 Å². The molecule has 0 saturated carbocycles. The van der Waals surface area contributed by atoms with Crippen molar-refractivity contribution >= 4 is 34.5 Å². The Labute approximate surface area is 119 Å². The van der Waals surface area contributed by atoms with Crippen LogP contribution < -0.4 is 10.6 Å². The van der Waals surface area contributed by atoms with Crippen LogP contribution in [0.5, 0.6) is 0 Å². The third-order valence-corrected chi connectivity index (χ3v) is 6.27. The summed E-state index contributed by atoms with van der Waals surface area (Å²) < 4.78 is 1.14. The molecule has 0 aliphatic rings. The molecule has 0 aliphatic carbocycles. The van der Waals surface area contributed by atoms with Gasteiger partial charge in [0.25, 0.3) is 0 Å². The van der Waals surface area contributed by atoms with Crippen LogP contribution in [0, 0.1) is 0 Å². The zero-order valence-electron chi connectivity index (χ0n) is 11.0. The highest BCUT2D eigenvalue weighted by Gasteiger charge is 2.27. The van der Waals surface area contributed by atoms with Gasteiger partial charge < -0.3 is 0 Å². The molecule has 18 heavy (non-hydrogen) atoms. The maximum absolute atomic E-state index is 3.51. The largest absolute Gasteiger partial charge is 0.0622 e. The molecule has 0 amide bonds. The SMILES string of the molecule is CC(C)(C)P(c1ccccc1)c1ccc(Br)cc1. The molecular formula is C16H18BrP. The molecular weight excluding hydrogens is 303 g/mol. The highest BCUT2D eigenvalue weighted by atomic mass is 79.9. The second kappa shape index (κ2) is 5.55. The Bertz CT molecular complexity index is 497. The highest BCUT2D eigenvalue weighted by Crippen LogP contribution is 2.47. The lowest BCUT2D eigenvalue weighted by Gasteiger charge is -2.32. The van der Waals surface area contributed by atoms with Gasteiger partial charge in [-0.3, -0.25) is 0 Å². The minimum atomic E-state index is -0.325.